The Morgan fingerprint density at radius 2 is 1.44 bits per heavy atom. The number of hydrogen-bond acceptors (Lipinski definition) is 9. The summed E-state index contributed by atoms with van der Waals surface area (Å²) in [4.78, 5) is 43.9. The number of amides is 2. The second-order valence-electron chi connectivity index (χ2n) is 13.9. The lowest BCUT2D eigenvalue weighted by atomic mass is 9.61. The van der Waals surface area contributed by atoms with Gasteiger partial charge in [0.2, 0.25) is 11.8 Å². The standard InChI is InChI=1S/C41H39F2N9O3/c42-30-20-31-36(38-45-23-32(43)37(49-38)48-35-26-18-16-25(17-19-26)34(35)40(54)51-55-24-47-33(53)21-44)50-52(39(31)46-22-30)41(27-10-4-1-5-11-27,28-12-6-2-7-13-28)29-14-8-3-9-15-29/h1-15,20,22-23,25-26,34-35H,16-19,21,24,44H2,(H,47,53)(H,51,54)(H,45,48,49)/t25?,26?,34-,35-/m0/s1. The van der Waals surface area contributed by atoms with Gasteiger partial charge in [-0.15, -0.1) is 0 Å². The lowest BCUT2D eigenvalue weighted by molar-refractivity contribution is -0.146. The molecule has 3 aromatic carbocycles. The number of nitrogens with one attached hydrogen (secondary N) is 3. The van der Waals surface area contributed by atoms with Gasteiger partial charge in [0, 0.05) is 6.04 Å². The summed E-state index contributed by atoms with van der Waals surface area (Å²) in [5, 5.41) is 11.2. The van der Waals surface area contributed by atoms with Crippen molar-refractivity contribution in [1.29, 1.82) is 0 Å². The molecule has 280 valence electrons. The van der Waals surface area contributed by atoms with Gasteiger partial charge < -0.3 is 16.4 Å². The number of fused-ring (bicyclic) bond motifs is 4. The van der Waals surface area contributed by atoms with Gasteiger partial charge in [-0.05, 0) is 60.3 Å². The first-order valence-corrected chi connectivity index (χ1v) is 18.3. The summed E-state index contributed by atoms with van der Waals surface area (Å²) in [5.41, 5.74) is 9.86. The maximum absolute atomic E-state index is 15.7. The van der Waals surface area contributed by atoms with E-state index < -0.39 is 35.0 Å². The van der Waals surface area contributed by atoms with Crippen molar-refractivity contribution in [3.05, 3.63) is 138 Å². The highest BCUT2D eigenvalue weighted by Crippen LogP contribution is 2.47. The van der Waals surface area contributed by atoms with E-state index in [0.717, 1.165) is 54.8 Å². The van der Waals surface area contributed by atoms with E-state index >= 15 is 8.78 Å². The summed E-state index contributed by atoms with van der Waals surface area (Å²) in [6.07, 6.45) is 5.61. The Hall–Kier alpha value is -6.12. The molecular weight excluding hydrogens is 705 g/mol. The fourth-order valence-electron chi connectivity index (χ4n) is 8.42. The van der Waals surface area contributed by atoms with Gasteiger partial charge in [-0.2, -0.15) is 5.10 Å². The number of nitrogens with zero attached hydrogens (tertiary/aromatic N) is 5. The molecule has 2 bridgehead atoms. The highest BCUT2D eigenvalue weighted by Gasteiger charge is 2.48. The summed E-state index contributed by atoms with van der Waals surface area (Å²) in [7, 11) is 0. The van der Waals surface area contributed by atoms with Gasteiger partial charge in [-0.1, -0.05) is 91.0 Å². The molecule has 3 saturated carbocycles. The lowest BCUT2D eigenvalue weighted by Gasteiger charge is -2.48. The Morgan fingerprint density at radius 3 is 2.04 bits per heavy atom. The zero-order valence-corrected chi connectivity index (χ0v) is 29.7. The number of benzene rings is 3. The van der Waals surface area contributed by atoms with E-state index in [4.69, 9.17) is 15.7 Å². The van der Waals surface area contributed by atoms with E-state index in [-0.39, 0.29) is 48.4 Å². The van der Waals surface area contributed by atoms with Gasteiger partial charge in [0.05, 0.1) is 30.2 Å². The van der Waals surface area contributed by atoms with Crippen LogP contribution in [0.15, 0.2) is 109 Å². The first-order chi connectivity index (χ1) is 26.9. The predicted molar refractivity (Wildman–Crippen MR) is 201 cm³/mol. The number of hydrogen-bond donors (Lipinski definition) is 4. The number of aromatic nitrogens is 5. The summed E-state index contributed by atoms with van der Waals surface area (Å²) >= 11 is 0. The van der Waals surface area contributed by atoms with E-state index in [1.807, 2.05) is 91.0 Å². The number of halogens is 2. The molecule has 6 aromatic rings. The maximum atomic E-state index is 15.7. The number of carbonyl (C=O) groups is 2. The Bertz CT molecular complexity index is 2210. The molecule has 0 radical (unpaired) electrons. The molecule has 0 aliphatic heterocycles. The summed E-state index contributed by atoms with van der Waals surface area (Å²) in [5.74, 6) is -2.63. The molecule has 3 fully saturated rings. The van der Waals surface area contributed by atoms with E-state index in [1.165, 1.54) is 6.07 Å². The number of carbonyl (C=O) groups excluding carboxylic acids is 2. The van der Waals surface area contributed by atoms with Crippen LogP contribution in [0.2, 0.25) is 0 Å². The summed E-state index contributed by atoms with van der Waals surface area (Å²) in [6, 6.07) is 30.5. The molecule has 3 aromatic heterocycles. The molecule has 3 heterocycles. The smallest absolute Gasteiger partial charge is 0.249 e. The van der Waals surface area contributed by atoms with E-state index in [9.17, 15) is 9.59 Å². The van der Waals surface area contributed by atoms with Gasteiger partial charge in [-0.25, -0.2) is 33.9 Å². The quantitative estimate of drug-likeness (QED) is 0.0564. The minimum absolute atomic E-state index is 0.0323. The van der Waals surface area contributed by atoms with Gasteiger partial charge in [0.25, 0.3) is 0 Å². The molecule has 12 nitrogen and oxygen atoms in total. The van der Waals surface area contributed by atoms with Gasteiger partial charge in [0.1, 0.15) is 23.8 Å². The second-order valence-corrected chi connectivity index (χ2v) is 13.9. The Morgan fingerprint density at radius 1 is 0.836 bits per heavy atom. The number of anilines is 1. The Labute approximate surface area is 315 Å². The van der Waals surface area contributed by atoms with Crippen molar-refractivity contribution in [1.82, 2.24) is 35.5 Å². The summed E-state index contributed by atoms with van der Waals surface area (Å²) in [6.45, 7) is -0.460. The second kappa shape index (κ2) is 15.3. The Balaban J connectivity index is 1.22. The van der Waals surface area contributed by atoms with Crippen molar-refractivity contribution in [2.24, 2.45) is 23.5 Å². The Kier molecular flexibility index (Phi) is 10.00. The molecule has 55 heavy (non-hydrogen) atoms. The molecule has 3 aliphatic carbocycles. The third-order valence-corrected chi connectivity index (χ3v) is 10.9. The van der Waals surface area contributed by atoms with E-state index in [0.29, 0.717) is 11.0 Å². The highest BCUT2D eigenvalue weighted by molar-refractivity contribution is 5.90. The molecule has 14 heteroatoms. The average Bonchev–Trinajstić information content (AvgIpc) is 3.60. The SMILES string of the molecule is NCC(=O)NCONC(=O)[C@H]1C2CCC(CC2)[C@@H]1Nc1nc(-c2nn(C(c3ccccc3)(c3ccccc3)c3ccccc3)c3ncc(F)cc23)ncc1F. The van der Waals surface area contributed by atoms with Crippen molar-refractivity contribution in [3.63, 3.8) is 0 Å². The van der Waals surface area contributed by atoms with Crippen LogP contribution in [0.25, 0.3) is 22.6 Å². The van der Waals surface area contributed by atoms with Crippen LogP contribution in [-0.2, 0) is 20.0 Å². The van der Waals surface area contributed by atoms with Crippen LogP contribution >= 0.6 is 0 Å². The summed E-state index contributed by atoms with van der Waals surface area (Å²) < 4.78 is 32.7. The third-order valence-electron chi connectivity index (χ3n) is 10.9. The van der Waals surface area contributed by atoms with Crippen molar-refractivity contribution >= 4 is 28.7 Å². The van der Waals surface area contributed by atoms with E-state index in [1.54, 1.807) is 4.68 Å². The number of rotatable bonds is 12. The molecule has 0 spiro atoms. The van der Waals surface area contributed by atoms with Crippen LogP contribution in [0.4, 0.5) is 14.6 Å². The van der Waals surface area contributed by atoms with Crippen molar-refractivity contribution in [2.75, 3.05) is 18.6 Å². The lowest BCUT2D eigenvalue weighted by Crippen LogP contribution is -2.54. The first-order valence-electron chi connectivity index (χ1n) is 18.3. The average molecular weight is 744 g/mol. The number of hydroxylamine groups is 1. The molecule has 5 N–H and O–H groups in total. The van der Waals surface area contributed by atoms with Crippen LogP contribution in [0, 0.1) is 29.4 Å². The zero-order chi connectivity index (χ0) is 37.9. The van der Waals surface area contributed by atoms with Crippen LogP contribution in [-0.4, -0.2) is 55.9 Å². The highest BCUT2D eigenvalue weighted by atomic mass is 19.1. The fourth-order valence-corrected chi connectivity index (χ4v) is 8.42. The number of pyridine rings is 1. The monoisotopic (exact) mass is 743 g/mol. The van der Waals surface area contributed by atoms with Crippen LogP contribution in [0.5, 0.6) is 0 Å². The number of nitrogens with two attached hydrogens (primary N) is 1. The van der Waals surface area contributed by atoms with Crippen molar-refractivity contribution in [2.45, 2.75) is 37.3 Å². The molecule has 0 saturated heterocycles. The minimum Gasteiger partial charge on any atom is -0.364 e. The van der Waals surface area contributed by atoms with Crippen LogP contribution in [0.1, 0.15) is 42.4 Å². The molecular formula is C41H39F2N9O3. The maximum Gasteiger partial charge on any atom is 0.249 e. The molecule has 9 rings (SSSR count). The van der Waals surface area contributed by atoms with Gasteiger partial charge in [0.15, 0.2) is 23.1 Å². The fraction of sp³-hybridized carbons (Fsp3) is 0.268. The van der Waals surface area contributed by atoms with Gasteiger partial charge >= 0.3 is 0 Å². The third kappa shape index (κ3) is 6.67. The topological polar surface area (TPSA) is 162 Å². The predicted octanol–water partition coefficient (Wildman–Crippen LogP) is 5.30. The van der Waals surface area contributed by atoms with Crippen molar-refractivity contribution < 1.29 is 23.2 Å². The van der Waals surface area contributed by atoms with Crippen LogP contribution < -0.4 is 21.8 Å². The molecule has 3 aliphatic rings. The van der Waals surface area contributed by atoms with Crippen LogP contribution in [0.3, 0.4) is 0 Å². The van der Waals surface area contributed by atoms with Crippen molar-refractivity contribution in [3.8, 4) is 11.5 Å². The molecule has 2 atom stereocenters. The van der Waals surface area contributed by atoms with E-state index in [2.05, 4.69) is 31.1 Å². The molecule has 2 amide bonds. The largest absolute Gasteiger partial charge is 0.364 e. The zero-order valence-electron chi connectivity index (χ0n) is 29.7. The first kappa shape index (κ1) is 35.9. The molecule has 0 unspecified atom stereocenters. The minimum atomic E-state index is -1.09. The van der Waals surface area contributed by atoms with Gasteiger partial charge in [-0.3, -0.25) is 14.4 Å². The normalized spacial score (nSPS) is 19.3.